The molecular formula is C18H22N2O7. The molecule has 0 unspecified atom stereocenters. The SMILES string of the molecule is N[C@@H](Cc1ccc(O)cc1)C(=O)O.O=C(O)[C@H](Cc1ccccc1)N(O)O. The van der Waals surface area contributed by atoms with Gasteiger partial charge in [-0.2, -0.15) is 0 Å². The highest BCUT2D eigenvalue weighted by Gasteiger charge is 2.23. The number of carboxylic acids is 2. The average Bonchev–Trinajstić information content (AvgIpc) is 2.62. The molecule has 27 heavy (non-hydrogen) atoms. The van der Waals surface area contributed by atoms with Gasteiger partial charge in [-0.15, -0.1) is 0 Å². The molecule has 0 aliphatic rings. The highest BCUT2D eigenvalue weighted by molar-refractivity contribution is 5.73. The minimum Gasteiger partial charge on any atom is -0.508 e. The molecule has 0 heterocycles. The number of aromatic hydroxyl groups is 1. The highest BCUT2D eigenvalue weighted by atomic mass is 16.8. The van der Waals surface area contributed by atoms with Crippen molar-refractivity contribution in [2.24, 2.45) is 5.73 Å². The monoisotopic (exact) mass is 378 g/mol. The molecule has 0 aromatic heterocycles. The van der Waals surface area contributed by atoms with Gasteiger partial charge >= 0.3 is 11.9 Å². The molecule has 0 saturated heterocycles. The molecule has 0 saturated carbocycles. The second-order valence-corrected chi connectivity index (χ2v) is 5.68. The highest BCUT2D eigenvalue weighted by Crippen LogP contribution is 2.10. The molecule has 2 aromatic rings. The quantitative estimate of drug-likeness (QED) is 0.387. The molecular weight excluding hydrogens is 356 g/mol. The number of carbonyl (C=O) groups is 2. The van der Waals surface area contributed by atoms with E-state index in [1.807, 2.05) is 0 Å². The Bertz CT molecular complexity index is 720. The fourth-order valence-electron chi connectivity index (χ4n) is 2.08. The lowest BCUT2D eigenvalue weighted by Crippen LogP contribution is -2.38. The van der Waals surface area contributed by atoms with Crippen LogP contribution < -0.4 is 5.73 Å². The third-order valence-corrected chi connectivity index (χ3v) is 3.54. The van der Waals surface area contributed by atoms with Crippen molar-refractivity contribution in [2.45, 2.75) is 24.9 Å². The van der Waals surface area contributed by atoms with Crippen LogP contribution in [0.4, 0.5) is 0 Å². The van der Waals surface area contributed by atoms with E-state index < -0.39 is 24.0 Å². The van der Waals surface area contributed by atoms with E-state index in [0.29, 0.717) is 0 Å². The summed E-state index contributed by atoms with van der Waals surface area (Å²) in [6.07, 6.45) is 0.318. The minimum atomic E-state index is -1.34. The minimum absolute atomic E-state index is 0.0448. The Morgan fingerprint density at radius 1 is 0.852 bits per heavy atom. The van der Waals surface area contributed by atoms with Gasteiger partial charge < -0.3 is 21.1 Å². The zero-order valence-electron chi connectivity index (χ0n) is 14.3. The Morgan fingerprint density at radius 3 is 1.81 bits per heavy atom. The van der Waals surface area contributed by atoms with Crippen LogP contribution in [0, 0.1) is 0 Å². The molecule has 0 spiro atoms. The van der Waals surface area contributed by atoms with E-state index in [2.05, 4.69) is 0 Å². The number of phenols is 1. The summed E-state index contributed by atoms with van der Waals surface area (Å²) in [4.78, 5) is 21.0. The zero-order chi connectivity index (χ0) is 20.4. The summed E-state index contributed by atoms with van der Waals surface area (Å²) in [5, 5.41) is 43.1. The number of phenolic OH excluding ortho intramolecular Hbond substituents is 1. The Labute approximate surface area is 155 Å². The predicted octanol–water partition coefficient (Wildman–Crippen LogP) is 1.11. The summed E-state index contributed by atoms with van der Waals surface area (Å²) in [6, 6.07) is 12.8. The molecule has 2 aromatic carbocycles. The van der Waals surface area contributed by atoms with Gasteiger partial charge in [-0.25, -0.2) is 0 Å². The van der Waals surface area contributed by atoms with E-state index in [9.17, 15) is 9.59 Å². The second kappa shape index (κ2) is 10.9. The number of hydrogen-bond acceptors (Lipinski definition) is 7. The van der Waals surface area contributed by atoms with Crippen LogP contribution in [0.1, 0.15) is 11.1 Å². The first-order valence-electron chi connectivity index (χ1n) is 7.90. The zero-order valence-corrected chi connectivity index (χ0v) is 14.3. The van der Waals surface area contributed by atoms with Crippen LogP contribution in [-0.2, 0) is 22.4 Å². The standard InChI is InChI=1S/C9H11NO4.C9H11NO3/c11-9(12)8(10(13)14)6-7-4-2-1-3-5-7;10-8(9(12)13)5-6-1-3-7(11)4-2-6/h1-5,8,13-14H,6H2,(H,11,12);1-4,8,11H,5,10H2,(H,12,13)/t2*8-/m00/s1. The number of benzene rings is 2. The molecule has 146 valence electrons. The summed E-state index contributed by atoms with van der Waals surface area (Å²) in [5.41, 5.74) is 6.85. The lowest BCUT2D eigenvalue weighted by atomic mass is 10.1. The van der Waals surface area contributed by atoms with Crippen molar-refractivity contribution in [1.29, 1.82) is 0 Å². The van der Waals surface area contributed by atoms with E-state index in [4.69, 9.17) is 31.5 Å². The van der Waals surface area contributed by atoms with Crippen molar-refractivity contribution in [3.63, 3.8) is 0 Å². The molecule has 0 aliphatic heterocycles. The predicted molar refractivity (Wildman–Crippen MR) is 94.4 cm³/mol. The second-order valence-electron chi connectivity index (χ2n) is 5.68. The Morgan fingerprint density at radius 2 is 1.37 bits per heavy atom. The maximum Gasteiger partial charge on any atom is 0.326 e. The van der Waals surface area contributed by atoms with Gasteiger partial charge in [0.05, 0.1) is 0 Å². The van der Waals surface area contributed by atoms with Gasteiger partial charge in [0.1, 0.15) is 11.8 Å². The fraction of sp³-hybridized carbons (Fsp3) is 0.222. The van der Waals surface area contributed by atoms with Crippen molar-refractivity contribution in [3.05, 3.63) is 65.7 Å². The number of aliphatic carboxylic acids is 2. The van der Waals surface area contributed by atoms with Crippen LogP contribution in [-0.4, -0.2) is 55.0 Å². The summed E-state index contributed by atoms with van der Waals surface area (Å²) in [5.74, 6) is -2.14. The fourth-order valence-corrected chi connectivity index (χ4v) is 2.08. The van der Waals surface area contributed by atoms with Crippen LogP contribution in [0.2, 0.25) is 0 Å². The van der Waals surface area contributed by atoms with Crippen molar-refractivity contribution in [1.82, 2.24) is 5.23 Å². The molecule has 9 nitrogen and oxygen atoms in total. The molecule has 2 rings (SSSR count). The first-order valence-corrected chi connectivity index (χ1v) is 7.90. The van der Waals surface area contributed by atoms with E-state index >= 15 is 0 Å². The van der Waals surface area contributed by atoms with Crippen molar-refractivity contribution < 1.29 is 35.3 Å². The summed E-state index contributed by atoms with van der Waals surface area (Å²) in [7, 11) is 0. The molecule has 2 atom stereocenters. The number of hydroxylamine groups is 2. The Balaban J connectivity index is 0.000000271. The summed E-state index contributed by atoms with van der Waals surface area (Å²) in [6.45, 7) is 0. The average molecular weight is 378 g/mol. The summed E-state index contributed by atoms with van der Waals surface area (Å²) >= 11 is 0. The molecule has 7 N–H and O–H groups in total. The normalized spacial score (nSPS) is 12.6. The Kier molecular flexibility index (Phi) is 8.90. The van der Waals surface area contributed by atoms with Crippen LogP contribution >= 0.6 is 0 Å². The van der Waals surface area contributed by atoms with Gasteiger partial charge in [-0.1, -0.05) is 47.7 Å². The van der Waals surface area contributed by atoms with Crippen molar-refractivity contribution in [3.8, 4) is 5.75 Å². The van der Waals surface area contributed by atoms with Crippen LogP contribution in [0.15, 0.2) is 54.6 Å². The summed E-state index contributed by atoms with van der Waals surface area (Å²) < 4.78 is 0. The number of hydrogen-bond donors (Lipinski definition) is 6. The van der Waals surface area contributed by atoms with Crippen molar-refractivity contribution in [2.75, 3.05) is 0 Å². The van der Waals surface area contributed by atoms with Crippen molar-refractivity contribution >= 4 is 11.9 Å². The molecule has 0 aliphatic carbocycles. The van der Waals surface area contributed by atoms with Gasteiger partial charge in [-0.05, 0) is 29.7 Å². The van der Waals surface area contributed by atoms with Gasteiger partial charge in [0.15, 0.2) is 6.04 Å². The Hall–Kier alpha value is -2.98. The van der Waals surface area contributed by atoms with Crippen LogP contribution in [0.3, 0.4) is 0 Å². The molecule has 0 amide bonds. The van der Waals surface area contributed by atoms with Gasteiger partial charge in [0.2, 0.25) is 0 Å². The smallest absolute Gasteiger partial charge is 0.326 e. The molecule has 9 heteroatoms. The maximum atomic E-state index is 10.6. The van der Waals surface area contributed by atoms with Gasteiger partial charge in [0, 0.05) is 6.42 Å². The number of nitrogens with zero attached hydrogens (tertiary/aromatic N) is 1. The third-order valence-electron chi connectivity index (χ3n) is 3.54. The van der Waals surface area contributed by atoms with Crippen LogP contribution in [0.25, 0.3) is 0 Å². The van der Waals surface area contributed by atoms with E-state index in [0.717, 1.165) is 11.1 Å². The molecule has 0 fully saturated rings. The van der Waals surface area contributed by atoms with E-state index in [1.54, 1.807) is 42.5 Å². The number of nitrogens with two attached hydrogens (primary N) is 1. The lowest BCUT2D eigenvalue weighted by molar-refractivity contribution is -0.327. The first-order chi connectivity index (χ1) is 12.7. The van der Waals surface area contributed by atoms with E-state index in [1.165, 1.54) is 12.1 Å². The number of carboxylic acid groups (broad SMARTS) is 2. The molecule has 0 bridgehead atoms. The lowest BCUT2D eigenvalue weighted by Gasteiger charge is -2.15. The first kappa shape index (κ1) is 22.1. The topological polar surface area (TPSA) is 165 Å². The third kappa shape index (κ3) is 8.29. The largest absolute Gasteiger partial charge is 0.508 e. The van der Waals surface area contributed by atoms with E-state index in [-0.39, 0.29) is 23.8 Å². The maximum absolute atomic E-state index is 10.6. The van der Waals surface area contributed by atoms with Crippen LogP contribution in [0.5, 0.6) is 5.75 Å². The molecule has 0 radical (unpaired) electrons. The van der Waals surface area contributed by atoms with Gasteiger partial charge in [0.25, 0.3) is 0 Å². The van der Waals surface area contributed by atoms with Gasteiger partial charge in [-0.3, -0.25) is 20.0 Å². The number of rotatable bonds is 7.